The monoisotopic (exact) mass is 425 g/mol. The van der Waals surface area contributed by atoms with Crippen molar-refractivity contribution < 1.29 is 0 Å². The molecule has 5 rings (SSSR count). The summed E-state index contributed by atoms with van der Waals surface area (Å²) < 4.78 is 2.27. The molecule has 4 aromatic rings. The van der Waals surface area contributed by atoms with Crippen LogP contribution in [0.15, 0.2) is 91.5 Å². The first-order valence-electron chi connectivity index (χ1n) is 10.3. The van der Waals surface area contributed by atoms with Gasteiger partial charge in [-0.05, 0) is 67.2 Å². The molecule has 154 valence electrons. The van der Waals surface area contributed by atoms with Gasteiger partial charge in [-0.3, -0.25) is 9.97 Å². The minimum atomic E-state index is -0.0578. The third kappa shape index (κ3) is 3.82. The summed E-state index contributed by atoms with van der Waals surface area (Å²) in [6.07, 6.45) is 7.66. The normalized spacial score (nSPS) is 18.2. The summed E-state index contributed by atoms with van der Waals surface area (Å²) in [6.45, 7) is 2.84. The number of rotatable bonds is 5. The second-order valence-electron chi connectivity index (χ2n) is 7.75. The van der Waals surface area contributed by atoms with Gasteiger partial charge in [-0.25, -0.2) is 0 Å². The van der Waals surface area contributed by atoms with Crippen molar-refractivity contribution in [1.82, 2.24) is 19.9 Å². The number of hydrogen-bond acceptors (Lipinski definition) is 3. The number of nitrogens with one attached hydrogen (secondary N) is 1. The number of pyridine rings is 2. The van der Waals surface area contributed by atoms with Crippen molar-refractivity contribution in [1.29, 1.82) is 0 Å². The van der Waals surface area contributed by atoms with E-state index >= 15 is 0 Å². The fourth-order valence-corrected chi connectivity index (χ4v) is 4.51. The van der Waals surface area contributed by atoms with E-state index in [0.29, 0.717) is 5.11 Å². The molecule has 2 atom stereocenters. The van der Waals surface area contributed by atoms with Gasteiger partial charge < -0.3 is 14.8 Å². The minimum Gasteiger partial charge on any atom is -0.351 e. The molecule has 1 saturated heterocycles. The van der Waals surface area contributed by atoms with E-state index < -0.39 is 0 Å². The zero-order valence-electron chi connectivity index (χ0n) is 17.2. The summed E-state index contributed by atoms with van der Waals surface area (Å²) in [5, 5.41) is 4.24. The van der Waals surface area contributed by atoms with Crippen LogP contribution >= 0.6 is 12.2 Å². The molecule has 31 heavy (non-hydrogen) atoms. The number of nitrogens with zero attached hydrogens (tertiary/aromatic N) is 4. The van der Waals surface area contributed by atoms with E-state index in [1.807, 2.05) is 30.6 Å². The average molecular weight is 426 g/mol. The number of thiocarbonyl (C=S) groups is 1. The molecular weight excluding hydrogens is 402 g/mol. The maximum Gasteiger partial charge on any atom is 0.174 e. The average Bonchev–Trinajstić information content (AvgIpc) is 3.39. The highest BCUT2D eigenvalue weighted by atomic mass is 32.1. The summed E-state index contributed by atoms with van der Waals surface area (Å²) in [6, 6.07) is 22.8. The van der Waals surface area contributed by atoms with E-state index in [1.165, 1.54) is 11.3 Å². The molecule has 0 amide bonds. The van der Waals surface area contributed by atoms with Gasteiger partial charge in [0.15, 0.2) is 5.11 Å². The number of aromatic nitrogens is 3. The van der Waals surface area contributed by atoms with Crippen molar-refractivity contribution in [3.63, 3.8) is 0 Å². The number of benzene rings is 1. The topological polar surface area (TPSA) is 46.0 Å². The van der Waals surface area contributed by atoms with Gasteiger partial charge in [0.25, 0.3) is 0 Å². The van der Waals surface area contributed by atoms with Gasteiger partial charge in [-0.15, -0.1) is 0 Å². The van der Waals surface area contributed by atoms with Crippen LogP contribution in [0, 0.1) is 6.92 Å². The van der Waals surface area contributed by atoms with E-state index in [0.717, 1.165) is 23.5 Å². The zero-order valence-corrected chi connectivity index (χ0v) is 18.0. The predicted octanol–water partition coefficient (Wildman–Crippen LogP) is 4.81. The van der Waals surface area contributed by atoms with E-state index in [9.17, 15) is 0 Å². The second-order valence-corrected chi connectivity index (χ2v) is 8.14. The lowest BCUT2D eigenvalue weighted by atomic mass is 10.0. The maximum absolute atomic E-state index is 5.82. The quantitative estimate of drug-likeness (QED) is 0.465. The van der Waals surface area contributed by atoms with Crippen LogP contribution in [-0.4, -0.2) is 19.6 Å². The van der Waals surface area contributed by atoms with Crippen molar-refractivity contribution in [3.8, 4) is 0 Å². The van der Waals surface area contributed by atoms with Crippen LogP contribution in [0.25, 0.3) is 0 Å². The highest BCUT2D eigenvalue weighted by Gasteiger charge is 2.41. The smallest absolute Gasteiger partial charge is 0.174 e. The van der Waals surface area contributed by atoms with Crippen LogP contribution in [0.1, 0.15) is 34.6 Å². The maximum atomic E-state index is 5.82. The van der Waals surface area contributed by atoms with Crippen LogP contribution in [0.5, 0.6) is 0 Å². The molecule has 1 N–H and O–H groups in total. The molecule has 5 nitrogen and oxygen atoms in total. The molecule has 0 bridgehead atoms. The molecule has 4 heterocycles. The van der Waals surface area contributed by atoms with Gasteiger partial charge in [0.2, 0.25) is 0 Å². The highest BCUT2D eigenvalue weighted by Crippen LogP contribution is 2.41. The third-order valence-electron chi connectivity index (χ3n) is 5.65. The molecule has 0 radical (unpaired) electrons. The molecular formula is C25H23N5S. The molecule has 1 aliphatic heterocycles. The summed E-state index contributed by atoms with van der Waals surface area (Å²) in [7, 11) is 0. The zero-order chi connectivity index (χ0) is 21.2. The summed E-state index contributed by atoms with van der Waals surface area (Å²) in [5.74, 6) is 0. The van der Waals surface area contributed by atoms with Crippen LogP contribution in [0.3, 0.4) is 0 Å². The van der Waals surface area contributed by atoms with Gasteiger partial charge in [-0.2, -0.15) is 0 Å². The summed E-state index contributed by atoms with van der Waals surface area (Å²) in [5.41, 5.74) is 5.59. The van der Waals surface area contributed by atoms with Crippen LogP contribution in [0.4, 0.5) is 5.69 Å². The molecule has 3 aromatic heterocycles. The Hall–Kier alpha value is -3.51. The van der Waals surface area contributed by atoms with E-state index in [1.54, 1.807) is 6.20 Å². The largest absolute Gasteiger partial charge is 0.351 e. The van der Waals surface area contributed by atoms with Crippen LogP contribution in [0.2, 0.25) is 0 Å². The summed E-state index contributed by atoms with van der Waals surface area (Å²) in [4.78, 5) is 11.1. The van der Waals surface area contributed by atoms with Gasteiger partial charge in [0.1, 0.15) is 6.04 Å². The first-order valence-corrected chi connectivity index (χ1v) is 10.7. The Morgan fingerprint density at radius 2 is 1.84 bits per heavy atom. The van der Waals surface area contributed by atoms with Crippen molar-refractivity contribution in [2.75, 3.05) is 4.90 Å². The highest BCUT2D eigenvalue weighted by molar-refractivity contribution is 7.80. The molecule has 0 spiro atoms. The Labute approximate surface area is 187 Å². The molecule has 0 aliphatic carbocycles. The lowest BCUT2D eigenvalue weighted by Gasteiger charge is -2.29. The second kappa shape index (κ2) is 8.32. The summed E-state index contributed by atoms with van der Waals surface area (Å²) >= 11 is 5.82. The Balaban J connectivity index is 1.60. The Morgan fingerprint density at radius 3 is 2.58 bits per heavy atom. The molecule has 1 fully saturated rings. The van der Waals surface area contributed by atoms with E-state index in [2.05, 4.69) is 86.4 Å². The fourth-order valence-electron chi connectivity index (χ4n) is 4.17. The van der Waals surface area contributed by atoms with Crippen LogP contribution in [-0.2, 0) is 6.54 Å². The van der Waals surface area contributed by atoms with E-state index in [4.69, 9.17) is 12.2 Å². The molecule has 1 aromatic carbocycles. The Kier molecular flexibility index (Phi) is 5.22. The SMILES string of the molecule is Cc1ccc(N2C(=S)N[C@H](c3ccccn3)[C@@H]2c2cccn2Cc2cccnc2)cc1. The molecule has 0 saturated carbocycles. The molecule has 1 aliphatic rings. The number of aryl methyl sites for hydroxylation is 1. The van der Waals surface area contributed by atoms with Crippen molar-refractivity contribution >= 4 is 23.0 Å². The molecule has 0 unspecified atom stereocenters. The number of anilines is 1. The first-order chi connectivity index (χ1) is 15.2. The fraction of sp³-hybridized carbons (Fsp3) is 0.160. The van der Waals surface area contributed by atoms with Gasteiger partial charge in [-0.1, -0.05) is 29.8 Å². The lowest BCUT2D eigenvalue weighted by molar-refractivity contribution is 0.533. The lowest BCUT2D eigenvalue weighted by Crippen LogP contribution is -2.30. The Bertz CT molecular complexity index is 1170. The van der Waals surface area contributed by atoms with Crippen molar-refractivity contribution in [3.05, 3.63) is 114 Å². The van der Waals surface area contributed by atoms with E-state index in [-0.39, 0.29) is 12.1 Å². The van der Waals surface area contributed by atoms with Gasteiger partial charge >= 0.3 is 0 Å². The van der Waals surface area contributed by atoms with Crippen LogP contribution < -0.4 is 10.2 Å². The number of hydrogen-bond donors (Lipinski definition) is 1. The van der Waals surface area contributed by atoms with Crippen molar-refractivity contribution in [2.24, 2.45) is 0 Å². The Morgan fingerprint density at radius 1 is 0.968 bits per heavy atom. The molecule has 6 heteroatoms. The standard InChI is InChI=1S/C25H23N5S/c1-18-9-11-20(12-10-18)30-24(23(28-25(30)31)21-7-2-3-14-27-21)22-8-5-15-29(22)17-19-6-4-13-26-16-19/h2-16,23-24H,17H2,1H3,(H,28,31)/t23-,24+/m1/s1. The minimum absolute atomic E-state index is 0.0308. The third-order valence-corrected chi connectivity index (χ3v) is 5.97. The van der Waals surface area contributed by atoms with Gasteiger partial charge in [0, 0.05) is 42.7 Å². The van der Waals surface area contributed by atoms with Crippen molar-refractivity contribution in [2.45, 2.75) is 25.6 Å². The predicted molar refractivity (Wildman–Crippen MR) is 127 cm³/mol. The van der Waals surface area contributed by atoms with Gasteiger partial charge in [0.05, 0.1) is 11.7 Å². The first kappa shape index (κ1) is 19.5.